The largest absolute Gasteiger partial charge is 0.507 e. The van der Waals surface area contributed by atoms with E-state index in [1.165, 1.54) is 0 Å². The summed E-state index contributed by atoms with van der Waals surface area (Å²) in [6, 6.07) is 7.47. The van der Waals surface area contributed by atoms with Gasteiger partial charge in [0.2, 0.25) is 0 Å². The van der Waals surface area contributed by atoms with Crippen molar-refractivity contribution >= 4 is 5.97 Å². The normalized spacial score (nSPS) is 11.6. The first-order valence-electron chi connectivity index (χ1n) is 8.45. The molecular formula is C21H26O4. The lowest BCUT2D eigenvalue weighted by Crippen LogP contribution is -2.30. The van der Waals surface area contributed by atoms with Gasteiger partial charge in [0.25, 0.3) is 0 Å². The molecule has 2 rings (SSSR count). The van der Waals surface area contributed by atoms with Gasteiger partial charge in [0, 0.05) is 5.41 Å². The van der Waals surface area contributed by atoms with Gasteiger partial charge in [-0.25, -0.2) is 0 Å². The first-order chi connectivity index (χ1) is 11.6. The molecule has 0 aliphatic rings. The lowest BCUT2D eigenvalue weighted by molar-refractivity contribution is -0.138. The van der Waals surface area contributed by atoms with Gasteiger partial charge in [0.05, 0.1) is 6.42 Å². The second-order valence-corrected chi connectivity index (χ2v) is 6.92. The minimum atomic E-state index is -0.881. The van der Waals surface area contributed by atoms with Crippen LogP contribution in [0.1, 0.15) is 53.1 Å². The number of phenolic OH excluding ortho intramolecular Hbond substituents is 2. The second kappa shape index (κ2) is 6.79. The molecule has 0 bridgehead atoms. The number of aryl methyl sites for hydroxylation is 4. The minimum Gasteiger partial charge on any atom is -0.507 e. The minimum absolute atomic E-state index is 0.0587. The van der Waals surface area contributed by atoms with E-state index in [4.69, 9.17) is 0 Å². The van der Waals surface area contributed by atoms with Gasteiger partial charge >= 0.3 is 5.97 Å². The quantitative estimate of drug-likeness (QED) is 0.747. The van der Waals surface area contributed by atoms with Gasteiger partial charge in [-0.2, -0.15) is 0 Å². The number of carboxylic acids is 1. The van der Waals surface area contributed by atoms with E-state index >= 15 is 0 Å². The van der Waals surface area contributed by atoms with E-state index in [0.717, 1.165) is 33.4 Å². The second-order valence-electron chi connectivity index (χ2n) is 6.92. The lowest BCUT2D eigenvalue weighted by Gasteiger charge is -2.34. The fourth-order valence-corrected chi connectivity index (χ4v) is 3.63. The zero-order valence-corrected chi connectivity index (χ0v) is 15.5. The summed E-state index contributed by atoms with van der Waals surface area (Å²) >= 11 is 0. The Bertz CT molecular complexity index is 717. The number of hydrogen-bond donors (Lipinski definition) is 3. The van der Waals surface area contributed by atoms with Crippen LogP contribution in [0.15, 0.2) is 24.3 Å². The maximum atomic E-state index is 11.7. The van der Waals surface area contributed by atoms with Crippen LogP contribution in [0.25, 0.3) is 0 Å². The topological polar surface area (TPSA) is 77.8 Å². The summed E-state index contributed by atoms with van der Waals surface area (Å²) < 4.78 is 0. The molecule has 0 spiro atoms. The van der Waals surface area contributed by atoms with Crippen molar-refractivity contribution in [2.75, 3.05) is 0 Å². The van der Waals surface area contributed by atoms with Crippen molar-refractivity contribution in [3.8, 4) is 11.5 Å². The highest BCUT2D eigenvalue weighted by Crippen LogP contribution is 2.43. The Morgan fingerprint density at radius 1 is 0.840 bits per heavy atom. The van der Waals surface area contributed by atoms with Crippen LogP contribution in [-0.2, 0) is 10.2 Å². The molecule has 3 N–H and O–H groups in total. The monoisotopic (exact) mass is 342 g/mol. The van der Waals surface area contributed by atoms with E-state index < -0.39 is 11.4 Å². The summed E-state index contributed by atoms with van der Waals surface area (Å²) in [6.45, 7) is 9.25. The third-order valence-electron chi connectivity index (χ3n) is 5.14. The fourth-order valence-electron chi connectivity index (χ4n) is 3.63. The highest BCUT2D eigenvalue weighted by atomic mass is 16.4. The molecule has 4 nitrogen and oxygen atoms in total. The number of carbonyl (C=O) groups is 1. The van der Waals surface area contributed by atoms with Crippen molar-refractivity contribution < 1.29 is 20.1 Å². The Hall–Kier alpha value is -2.49. The molecule has 0 radical (unpaired) electrons. The molecule has 134 valence electrons. The molecule has 4 heteroatoms. The summed E-state index contributed by atoms with van der Waals surface area (Å²) in [4.78, 5) is 11.7. The van der Waals surface area contributed by atoms with Gasteiger partial charge in [-0.15, -0.1) is 0 Å². The highest BCUT2D eigenvalue weighted by Gasteiger charge is 2.36. The van der Waals surface area contributed by atoms with E-state index in [1.807, 2.05) is 58.9 Å². The number of aliphatic carboxylic acids is 1. The number of benzene rings is 2. The van der Waals surface area contributed by atoms with Crippen LogP contribution in [0.2, 0.25) is 0 Å². The molecule has 0 saturated heterocycles. The van der Waals surface area contributed by atoms with E-state index in [2.05, 4.69) is 0 Å². The Balaban J connectivity index is 2.81. The van der Waals surface area contributed by atoms with Crippen LogP contribution in [-0.4, -0.2) is 21.3 Å². The Morgan fingerprint density at radius 3 is 1.40 bits per heavy atom. The van der Waals surface area contributed by atoms with E-state index in [1.54, 1.807) is 0 Å². The van der Waals surface area contributed by atoms with Crippen LogP contribution in [0, 0.1) is 27.7 Å². The van der Waals surface area contributed by atoms with Crippen molar-refractivity contribution in [2.45, 2.75) is 52.9 Å². The summed E-state index contributed by atoms with van der Waals surface area (Å²) in [6.07, 6.45) is 0.531. The molecule has 25 heavy (non-hydrogen) atoms. The third-order valence-corrected chi connectivity index (χ3v) is 5.14. The molecular weight excluding hydrogens is 316 g/mol. The summed E-state index contributed by atoms with van der Waals surface area (Å²) in [5.41, 5.74) is 3.93. The Morgan fingerprint density at radius 2 is 1.16 bits per heavy atom. The SMILES string of the molecule is CCC(CC(=O)O)(c1cc(C)c(O)c(C)c1)c1cc(C)c(O)c(C)c1. The Kier molecular flexibility index (Phi) is 5.12. The van der Waals surface area contributed by atoms with Crippen molar-refractivity contribution in [3.05, 3.63) is 57.6 Å². The number of hydrogen-bond acceptors (Lipinski definition) is 3. The molecule has 0 saturated carbocycles. The Labute approximate surface area is 148 Å². The van der Waals surface area contributed by atoms with Gasteiger partial charge < -0.3 is 15.3 Å². The first-order valence-corrected chi connectivity index (χ1v) is 8.45. The molecule has 0 aliphatic carbocycles. The van der Waals surface area contributed by atoms with Crippen molar-refractivity contribution in [1.29, 1.82) is 0 Å². The van der Waals surface area contributed by atoms with E-state index in [0.29, 0.717) is 6.42 Å². The molecule has 0 amide bonds. The maximum absolute atomic E-state index is 11.7. The van der Waals surface area contributed by atoms with Gasteiger partial charge in [0.15, 0.2) is 0 Å². The number of phenols is 2. The highest BCUT2D eigenvalue weighted by molar-refractivity contribution is 5.71. The van der Waals surface area contributed by atoms with Crippen LogP contribution in [0.3, 0.4) is 0 Å². The summed E-state index contributed by atoms with van der Waals surface area (Å²) in [7, 11) is 0. The smallest absolute Gasteiger partial charge is 0.304 e. The van der Waals surface area contributed by atoms with Gasteiger partial charge in [-0.05, 0) is 67.5 Å². The number of aromatic hydroxyl groups is 2. The van der Waals surface area contributed by atoms with Crippen molar-refractivity contribution in [3.63, 3.8) is 0 Å². The van der Waals surface area contributed by atoms with Gasteiger partial charge in [0.1, 0.15) is 11.5 Å². The number of rotatable bonds is 5. The molecule has 0 aliphatic heterocycles. The van der Waals surface area contributed by atoms with Crippen LogP contribution in [0.4, 0.5) is 0 Å². The standard InChI is InChI=1S/C21H26O4/c1-6-21(11-18(22)23,16-7-12(2)19(24)13(3)8-16)17-9-14(4)20(25)15(5)10-17/h7-10,24-25H,6,11H2,1-5H3,(H,22,23). The van der Waals surface area contributed by atoms with Crippen molar-refractivity contribution in [2.24, 2.45) is 0 Å². The average molecular weight is 342 g/mol. The van der Waals surface area contributed by atoms with Gasteiger partial charge in [-0.1, -0.05) is 31.2 Å². The molecule has 0 unspecified atom stereocenters. The van der Waals surface area contributed by atoms with Gasteiger partial charge in [-0.3, -0.25) is 4.79 Å². The summed E-state index contributed by atoms with van der Waals surface area (Å²) in [5.74, 6) is -0.405. The maximum Gasteiger partial charge on any atom is 0.304 e. The van der Waals surface area contributed by atoms with E-state index in [9.17, 15) is 20.1 Å². The fraction of sp³-hybridized carbons (Fsp3) is 0.381. The van der Waals surface area contributed by atoms with Crippen LogP contribution >= 0.6 is 0 Å². The predicted molar refractivity (Wildman–Crippen MR) is 98.5 cm³/mol. The first kappa shape index (κ1) is 18.8. The average Bonchev–Trinajstić information content (AvgIpc) is 2.54. The number of carboxylic acid groups (broad SMARTS) is 1. The lowest BCUT2D eigenvalue weighted by atomic mass is 9.69. The molecule has 0 fully saturated rings. The van der Waals surface area contributed by atoms with Crippen LogP contribution < -0.4 is 0 Å². The summed E-state index contributed by atoms with van der Waals surface area (Å²) in [5, 5.41) is 29.8. The zero-order valence-electron chi connectivity index (χ0n) is 15.5. The molecule has 0 heterocycles. The van der Waals surface area contributed by atoms with E-state index in [-0.39, 0.29) is 17.9 Å². The molecule has 0 atom stereocenters. The third kappa shape index (κ3) is 3.34. The molecule has 0 aromatic heterocycles. The van der Waals surface area contributed by atoms with Crippen molar-refractivity contribution in [1.82, 2.24) is 0 Å². The molecule has 2 aromatic rings. The van der Waals surface area contributed by atoms with Crippen LogP contribution in [0.5, 0.6) is 11.5 Å². The zero-order chi connectivity index (χ0) is 18.9. The molecule has 2 aromatic carbocycles. The predicted octanol–water partition coefficient (Wildman–Crippen LogP) is 4.50.